The zero-order chi connectivity index (χ0) is 10.3. The van der Waals surface area contributed by atoms with Gasteiger partial charge in [-0.05, 0) is 11.4 Å². The fourth-order valence-electron chi connectivity index (χ4n) is 1.38. The molecule has 5 nitrogen and oxygen atoms in total. The molecule has 0 radical (unpaired) electrons. The van der Waals surface area contributed by atoms with Gasteiger partial charge in [0.15, 0.2) is 5.65 Å². The zero-order valence-electron chi connectivity index (χ0n) is 7.52. The molecule has 3 aromatic rings. The third-order valence-corrected chi connectivity index (χ3v) is 2.80. The van der Waals surface area contributed by atoms with Crippen molar-refractivity contribution in [3.05, 3.63) is 33.4 Å². The average Bonchev–Trinajstić information content (AvgIpc) is 2.88. The van der Waals surface area contributed by atoms with Gasteiger partial charge in [-0.15, -0.1) is 0 Å². The van der Waals surface area contributed by atoms with Gasteiger partial charge in [0.25, 0.3) is 5.56 Å². The second-order valence-electron chi connectivity index (χ2n) is 3.06. The Morgan fingerprint density at radius 3 is 3.13 bits per heavy atom. The van der Waals surface area contributed by atoms with E-state index in [2.05, 4.69) is 20.2 Å². The van der Waals surface area contributed by atoms with E-state index in [1.807, 2.05) is 16.8 Å². The van der Waals surface area contributed by atoms with E-state index in [4.69, 9.17) is 0 Å². The highest BCUT2D eigenvalue weighted by Crippen LogP contribution is 2.17. The molecule has 0 bridgehead atoms. The molecule has 6 heteroatoms. The first-order valence-electron chi connectivity index (χ1n) is 4.30. The van der Waals surface area contributed by atoms with E-state index in [0.29, 0.717) is 16.9 Å². The SMILES string of the molecule is O=c1[nH]c(-c2ccsc2)nc2[nH]ncc12. The molecule has 0 aliphatic heterocycles. The molecule has 0 spiro atoms. The summed E-state index contributed by atoms with van der Waals surface area (Å²) < 4.78 is 0. The summed E-state index contributed by atoms with van der Waals surface area (Å²) in [6.45, 7) is 0. The lowest BCUT2D eigenvalue weighted by molar-refractivity contribution is 1.09. The van der Waals surface area contributed by atoms with Crippen LogP contribution in [0, 0.1) is 0 Å². The molecule has 0 amide bonds. The maximum atomic E-state index is 11.6. The van der Waals surface area contributed by atoms with Crippen LogP contribution in [0.2, 0.25) is 0 Å². The standard InChI is InChI=1S/C9H6N4OS/c14-9-6-3-10-13-8(6)11-7(12-9)5-1-2-15-4-5/h1-4H,(H2,10,11,12,13,14). The number of hydrogen-bond acceptors (Lipinski definition) is 4. The van der Waals surface area contributed by atoms with Gasteiger partial charge in [-0.2, -0.15) is 16.4 Å². The minimum Gasteiger partial charge on any atom is -0.306 e. The van der Waals surface area contributed by atoms with Gasteiger partial charge >= 0.3 is 0 Å². The maximum Gasteiger partial charge on any atom is 0.262 e. The summed E-state index contributed by atoms with van der Waals surface area (Å²) in [6, 6.07) is 1.91. The summed E-state index contributed by atoms with van der Waals surface area (Å²) in [4.78, 5) is 18.6. The highest BCUT2D eigenvalue weighted by Gasteiger charge is 2.06. The van der Waals surface area contributed by atoms with Crippen molar-refractivity contribution in [1.82, 2.24) is 20.2 Å². The number of aromatic nitrogens is 4. The summed E-state index contributed by atoms with van der Waals surface area (Å²) in [5, 5.41) is 10.8. The number of aromatic amines is 2. The first-order chi connectivity index (χ1) is 7.34. The molecule has 2 N–H and O–H groups in total. The van der Waals surface area contributed by atoms with Crippen LogP contribution in [0.5, 0.6) is 0 Å². The number of nitrogens with one attached hydrogen (secondary N) is 2. The fourth-order valence-corrected chi connectivity index (χ4v) is 2.02. The van der Waals surface area contributed by atoms with E-state index in [1.165, 1.54) is 6.20 Å². The van der Waals surface area contributed by atoms with Gasteiger partial charge in [0.2, 0.25) is 0 Å². The van der Waals surface area contributed by atoms with Crippen LogP contribution in [0.15, 0.2) is 27.8 Å². The summed E-state index contributed by atoms with van der Waals surface area (Å²) in [5.41, 5.74) is 1.25. The number of H-pyrrole nitrogens is 2. The smallest absolute Gasteiger partial charge is 0.262 e. The Hall–Kier alpha value is -1.95. The van der Waals surface area contributed by atoms with Gasteiger partial charge in [-0.3, -0.25) is 9.89 Å². The van der Waals surface area contributed by atoms with Gasteiger partial charge in [0, 0.05) is 10.9 Å². The molecule has 3 heterocycles. The van der Waals surface area contributed by atoms with Crippen molar-refractivity contribution in [3.8, 4) is 11.4 Å². The molecule has 3 aromatic heterocycles. The molecule has 0 saturated carbocycles. The number of thiophene rings is 1. The molecule has 0 aromatic carbocycles. The van der Waals surface area contributed by atoms with Crippen LogP contribution in [0.25, 0.3) is 22.4 Å². The Morgan fingerprint density at radius 2 is 2.33 bits per heavy atom. The predicted octanol–water partition coefficient (Wildman–Crippen LogP) is 1.37. The number of rotatable bonds is 1. The Bertz CT molecular complexity index is 652. The molecular weight excluding hydrogens is 212 g/mol. The van der Waals surface area contributed by atoms with E-state index in [0.717, 1.165) is 5.56 Å². The molecule has 0 aliphatic carbocycles. The lowest BCUT2D eigenvalue weighted by Crippen LogP contribution is -2.08. The third-order valence-electron chi connectivity index (χ3n) is 2.11. The highest BCUT2D eigenvalue weighted by molar-refractivity contribution is 7.08. The van der Waals surface area contributed by atoms with Crippen molar-refractivity contribution in [2.45, 2.75) is 0 Å². The van der Waals surface area contributed by atoms with Gasteiger partial charge < -0.3 is 4.98 Å². The van der Waals surface area contributed by atoms with Crippen LogP contribution in [0.1, 0.15) is 0 Å². The Kier molecular flexibility index (Phi) is 1.69. The van der Waals surface area contributed by atoms with Crippen LogP contribution in [-0.4, -0.2) is 20.2 Å². The van der Waals surface area contributed by atoms with E-state index < -0.39 is 0 Å². The maximum absolute atomic E-state index is 11.6. The van der Waals surface area contributed by atoms with Crippen molar-refractivity contribution in [3.63, 3.8) is 0 Å². The quantitative estimate of drug-likeness (QED) is 0.647. The predicted molar refractivity (Wildman–Crippen MR) is 57.8 cm³/mol. The lowest BCUT2D eigenvalue weighted by atomic mass is 10.3. The van der Waals surface area contributed by atoms with Crippen LogP contribution in [0.4, 0.5) is 0 Å². The molecule has 3 rings (SSSR count). The summed E-state index contributed by atoms with van der Waals surface area (Å²) in [6.07, 6.45) is 1.47. The lowest BCUT2D eigenvalue weighted by Gasteiger charge is -1.95. The zero-order valence-corrected chi connectivity index (χ0v) is 8.34. The minimum atomic E-state index is -0.171. The van der Waals surface area contributed by atoms with Crippen molar-refractivity contribution < 1.29 is 0 Å². The van der Waals surface area contributed by atoms with Crippen LogP contribution >= 0.6 is 11.3 Å². The Balaban J connectivity index is 2.34. The van der Waals surface area contributed by atoms with E-state index >= 15 is 0 Å². The van der Waals surface area contributed by atoms with E-state index in [9.17, 15) is 4.79 Å². The molecule has 0 unspecified atom stereocenters. The number of hydrogen-bond donors (Lipinski definition) is 2. The number of fused-ring (bicyclic) bond motifs is 1. The molecule has 0 fully saturated rings. The molecule has 0 aliphatic rings. The molecule has 0 atom stereocenters. The van der Waals surface area contributed by atoms with Gasteiger partial charge in [0.1, 0.15) is 11.2 Å². The first kappa shape index (κ1) is 8.37. The van der Waals surface area contributed by atoms with E-state index in [-0.39, 0.29) is 5.56 Å². The molecule has 0 saturated heterocycles. The fraction of sp³-hybridized carbons (Fsp3) is 0. The van der Waals surface area contributed by atoms with Crippen LogP contribution in [-0.2, 0) is 0 Å². The average molecular weight is 218 g/mol. The topological polar surface area (TPSA) is 74.4 Å². The van der Waals surface area contributed by atoms with Gasteiger partial charge in [-0.1, -0.05) is 0 Å². The Labute approximate surface area is 87.8 Å². The highest BCUT2D eigenvalue weighted by atomic mass is 32.1. The monoisotopic (exact) mass is 218 g/mol. The van der Waals surface area contributed by atoms with E-state index in [1.54, 1.807) is 11.3 Å². The number of nitrogens with zero attached hydrogens (tertiary/aromatic N) is 2. The van der Waals surface area contributed by atoms with Gasteiger partial charge in [-0.25, -0.2) is 4.98 Å². The van der Waals surface area contributed by atoms with Crippen molar-refractivity contribution >= 4 is 22.4 Å². The van der Waals surface area contributed by atoms with Crippen molar-refractivity contribution in [2.75, 3.05) is 0 Å². The summed E-state index contributed by atoms with van der Waals surface area (Å²) in [5.74, 6) is 0.568. The van der Waals surface area contributed by atoms with Crippen LogP contribution < -0.4 is 5.56 Å². The second-order valence-corrected chi connectivity index (χ2v) is 3.84. The third kappa shape index (κ3) is 1.26. The normalized spacial score (nSPS) is 10.9. The summed E-state index contributed by atoms with van der Waals surface area (Å²) in [7, 11) is 0. The molecule has 74 valence electrons. The Morgan fingerprint density at radius 1 is 1.40 bits per heavy atom. The van der Waals surface area contributed by atoms with Crippen LogP contribution in [0.3, 0.4) is 0 Å². The minimum absolute atomic E-state index is 0.171. The van der Waals surface area contributed by atoms with Gasteiger partial charge in [0.05, 0.1) is 6.20 Å². The van der Waals surface area contributed by atoms with Crippen molar-refractivity contribution in [2.24, 2.45) is 0 Å². The second kappa shape index (κ2) is 3.03. The van der Waals surface area contributed by atoms with Crippen molar-refractivity contribution in [1.29, 1.82) is 0 Å². The molecule has 15 heavy (non-hydrogen) atoms. The largest absolute Gasteiger partial charge is 0.306 e. The first-order valence-corrected chi connectivity index (χ1v) is 5.25. The molecular formula is C9H6N4OS. The summed E-state index contributed by atoms with van der Waals surface area (Å²) >= 11 is 1.56.